The van der Waals surface area contributed by atoms with Crippen LogP contribution in [-0.4, -0.2) is 53.8 Å². The lowest BCUT2D eigenvalue weighted by Gasteiger charge is -2.32. The summed E-state index contributed by atoms with van der Waals surface area (Å²) in [4.78, 5) is 22.6. The van der Waals surface area contributed by atoms with E-state index < -0.39 is 11.7 Å². The van der Waals surface area contributed by atoms with Gasteiger partial charge in [-0.15, -0.1) is 0 Å². The predicted octanol–water partition coefficient (Wildman–Crippen LogP) is 7.48. The number of carbonyl (C=O) groups is 1. The van der Waals surface area contributed by atoms with Crippen LogP contribution in [0.4, 0.5) is 13.2 Å². The van der Waals surface area contributed by atoms with Gasteiger partial charge in [-0.1, -0.05) is 78.9 Å². The van der Waals surface area contributed by atoms with E-state index in [4.69, 9.17) is 4.74 Å². The van der Waals surface area contributed by atoms with Crippen LogP contribution >= 0.6 is 0 Å². The van der Waals surface area contributed by atoms with Crippen LogP contribution in [-0.2, 0) is 19.3 Å². The van der Waals surface area contributed by atoms with Crippen molar-refractivity contribution < 1.29 is 22.7 Å². The fraction of sp³-hybridized carbons (Fsp3) is 0.222. The van der Waals surface area contributed by atoms with Crippen LogP contribution in [0.25, 0.3) is 22.0 Å². The summed E-state index contributed by atoms with van der Waals surface area (Å²) in [5.41, 5.74) is 2.78. The summed E-state index contributed by atoms with van der Waals surface area (Å²) >= 11 is 0. The van der Waals surface area contributed by atoms with Crippen molar-refractivity contribution in [1.82, 2.24) is 14.8 Å². The first-order valence-electron chi connectivity index (χ1n) is 14.6. The number of alkyl halides is 3. The van der Waals surface area contributed by atoms with Gasteiger partial charge in [-0.05, 0) is 41.9 Å². The van der Waals surface area contributed by atoms with E-state index in [1.165, 1.54) is 17.8 Å². The predicted molar refractivity (Wildman–Crippen MR) is 166 cm³/mol. The second-order valence-electron chi connectivity index (χ2n) is 11.2. The topological polar surface area (TPSA) is 45.7 Å². The van der Waals surface area contributed by atoms with Crippen LogP contribution in [0.2, 0.25) is 0 Å². The summed E-state index contributed by atoms with van der Waals surface area (Å²) < 4.78 is 47.9. The minimum atomic E-state index is -4.60. The Hall–Kier alpha value is -4.53. The molecule has 0 unspecified atom stereocenters. The fourth-order valence-corrected chi connectivity index (χ4v) is 5.59. The minimum Gasteiger partial charge on any atom is -0.489 e. The smallest absolute Gasteiger partial charge is 0.418 e. The molecule has 0 atom stereocenters. The van der Waals surface area contributed by atoms with E-state index in [1.54, 1.807) is 60.7 Å². The second-order valence-corrected chi connectivity index (χ2v) is 11.2. The number of benzene rings is 4. The molecule has 44 heavy (non-hydrogen) atoms. The highest BCUT2D eigenvalue weighted by atomic mass is 19.4. The van der Waals surface area contributed by atoms with E-state index in [9.17, 15) is 18.0 Å². The first-order valence-corrected chi connectivity index (χ1v) is 14.6. The van der Waals surface area contributed by atoms with Crippen molar-refractivity contribution in [1.29, 1.82) is 0 Å². The number of piperazine rings is 1. The molecule has 0 saturated carbocycles. The summed E-state index contributed by atoms with van der Waals surface area (Å²) in [7, 11) is 2.15. The van der Waals surface area contributed by atoms with Crippen LogP contribution in [0.5, 0.6) is 5.75 Å². The average molecular weight is 596 g/mol. The van der Waals surface area contributed by atoms with Crippen molar-refractivity contribution in [3.05, 3.63) is 131 Å². The lowest BCUT2D eigenvalue weighted by Crippen LogP contribution is -2.43. The molecule has 1 aliphatic rings. The van der Waals surface area contributed by atoms with Crippen molar-refractivity contribution in [2.45, 2.75) is 19.3 Å². The Bertz CT molecular complexity index is 1760. The Morgan fingerprint density at radius 3 is 2.27 bits per heavy atom. The summed E-state index contributed by atoms with van der Waals surface area (Å²) in [6.45, 7) is 5.50. The summed E-state index contributed by atoms with van der Waals surface area (Å²) in [6.07, 6.45) is -3.35. The molecule has 4 aromatic carbocycles. The van der Waals surface area contributed by atoms with Gasteiger partial charge in [-0.2, -0.15) is 13.2 Å². The van der Waals surface area contributed by atoms with Crippen molar-refractivity contribution in [3.63, 3.8) is 0 Å². The number of pyridine rings is 1. The van der Waals surface area contributed by atoms with Gasteiger partial charge in [-0.3, -0.25) is 14.7 Å². The van der Waals surface area contributed by atoms with Gasteiger partial charge in [0.05, 0.1) is 11.1 Å². The van der Waals surface area contributed by atoms with E-state index in [1.807, 2.05) is 0 Å². The van der Waals surface area contributed by atoms with Gasteiger partial charge in [0.1, 0.15) is 12.4 Å². The second kappa shape index (κ2) is 12.6. The van der Waals surface area contributed by atoms with Gasteiger partial charge < -0.3 is 9.64 Å². The Balaban J connectivity index is 1.29. The van der Waals surface area contributed by atoms with Gasteiger partial charge in [0, 0.05) is 61.0 Å². The van der Waals surface area contributed by atoms with E-state index in [2.05, 4.69) is 46.1 Å². The molecule has 1 aromatic heterocycles. The highest BCUT2D eigenvalue weighted by Crippen LogP contribution is 2.39. The lowest BCUT2D eigenvalue weighted by atomic mass is 9.91. The van der Waals surface area contributed by atoms with Gasteiger partial charge in [0.2, 0.25) is 0 Å². The summed E-state index contributed by atoms with van der Waals surface area (Å²) in [6, 6.07) is 28.1. The van der Waals surface area contributed by atoms with E-state index in [0.717, 1.165) is 44.4 Å². The molecule has 0 spiro atoms. The number of nitrogens with zero attached hydrogens (tertiary/aromatic N) is 3. The third-order valence-electron chi connectivity index (χ3n) is 8.04. The molecule has 0 aliphatic carbocycles. The molecule has 0 N–H and O–H groups in total. The largest absolute Gasteiger partial charge is 0.489 e. The summed E-state index contributed by atoms with van der Waals surface area (Å²) in [5, 5.41) is 0.245. The molecule has 0 radical (unpaired) electrons. The zero-order chi connectivity index (χ0) is 30.7. The zero-order valence-electron chi connectivity index (χ0n) is 24.3. The van der Waals surface area contributed by atoms with Gasteiger partial charge in [0.25, 0.3) is 0 Å². The maximum Gasteiger partial charge on any atom is 0.418 e. The Morgan fingerprint density at radius 1 is 0.841 bits per heavy atom. The Morgan fingerprint density at radius 2 is 1.55 bits per heavy atom. The van der Waals surface area contributed by atoms with E-state index in [0.29, 0.717) is 29.0 Å². The molecule has 0 bridgehead atoms. The Labute approximate surface area is 254 Å². The van der Waals surface area contributed by atoms with Crippen LogP contribution in [0.15, 0.2) is 103 Å². The van der Waals surface area contributed by atoms with Gasteiger partial charge >= 0.3 is 6.18 Å². The average Bonchev–Trinajstić information content (AvgIpc) is 3.04. The van der Waals surface area contributed by atoms with Crippen molar-refractivity contribution in [2.75, 3.05) is 33.2 Å². The molecule has 6 rings (SSSR count). The number of hydrogen-bond donors (Lipinski definition) is 0. The fourth-order valence-electron chi connectivity index (χ4n) is 5.59. The SMILES string of the molecule is CN1CCN(Cc2ccc(COc3cccc(-c4c(C(=O)c5ccccc5)cnc5c(C(F)(F)F)cccc45)c3)cc2)CC1. The Kier molecular flexibility index (Phi) is 8.46. The summed E-state index contributed by atoms with van der Waals surface area (Å²) in [5.74, 6) is 0.217. The van der Waals surface area contributed by atoms with Crippen LogP contribution in [0.3, 0.4) is 0 Å². The molecule has 224 valence electrons. The first kappa shape index (κ1) is 29.5. The maximum atomic E-state index is 13.9. The number of ether oxygens (including phenoxy) is 1. The normalized spacial score (nSPS) is 14.5. The molecule has 8 heteroatoms. The van der Waals surface area contributed by atoms with Gasteiger partial charge in [-0.25, -0.2) is 0 Å². The number of para-hydroxylation sites is 1. The van der Waals surface area contributed by atoms with E-state index >= 15 is 0 Å². The maximum absolute atomic E-state index is 13.9. The molecule has 5 nitrogen and oxygen atoms in total. The molecule has 5 aromatic rings. The number of fused-ring (bicyclic) bond motifs is 1. The molecule has 1 saturated heterocycles. The number of carbonyl (C=O) groups excluding carboxylic acids is 1. The van der Waals surface area contributed by atoms with E-state index in [-0.39, 0.29) is 22.2 Å². The van der Waals surface area contributed by atoms with Crippen LogP contribution in [0.1, 0.15) is 32.6 Å². The molecule has 0 amide bonds. The first-order chi connectivity index (χ1) is 21.3. The number of likely N-dealkylation sites (N-methyl/N-ethyl adjacent to an activating group) is 1. The number of rotatable bonds is 8. The van der Waals surface area contributed by atoms with Crippen LogP contribution in [0, 0.1) is 0 Å². The highest BCUT2D eigenvalue weighted by Gasteiger charge is 2.34. The molecule has 2 heterocycles. The number of halogens is 3. The third-order valence-corrected chi connectivity index (χ3v) is 8.04. The molecular weight excluding hydrogens is 563 g/mol. The van der Waals surface area contributed by atoms with Gasteiger partial charge in [0.15, 0.2) is 5.78 Å². The number of hydrogen-bond acceptors (Lipinski definition) is 5. The highest BCUT2D eigenvalue weighted by molar-refractivity contribution is 6.16. The van der Waals surface area contributed by atoms with Crippen molar-refractivity contribution >= 4 is 16.7 Å². The van der Waals surface area contributed by atoms with Crippen molar-refractivity contribution in [2.24, 2.45) is 0 Å². The van der Waals surface area contributed by atoms with Crippen LogP contribution < -0.4 is 4.74 Å². The van der Waals surface area contributed by atoms with Crippen molar-refractivity contribution in [3.8, 4) is 16.9 Å². The quantitative estimate of drug-likeness (QED) is 0.174. The standard InChI is InChI=1S/C36H32F3N3O2/c1-41-17-19-42(20-18-41)23-25-13-15-26(16-14-25)24-44-29-10-5-9-28(21-29)33-30-11-6-12-32(36(37,38)39)34(30)40-22-31(33)35(43)27-7-3-2-4-8-27/h2-16,21-22H,17-20,23-24H2,1H3. The zero-order valence-corrected chi connectivity index (χ0v) is 24.3. The molecular formula is C36H32F3N3O2. The molecule has 1 aliphatic heterocycles. The number of ketones is 1. The number of aromatic nitrogens is 1. The minimum absolute atomic E-state index is 0.206. The molecule has 1 fully saturated rings. The monoisotopic (exact) mass is 595 g/mol. The lowest BCUT2D eigenvalue weighted by molar-refractivity contribution is -0.136. The third kappa shape index (κ3) is 6.51.